The van der Waals surface area contributed by atoms with Gasteiger partial charge in [-0.3, -0.25) is 0 Å². The van der Waals surface area contributed by atoms with Crippen LogP contribution in [0.3, 0.4) is 0 Å². The van der Waals surface area contributed by atoms with Crippen LogP contribution in [0.15, 0.2) is 24.3 Å². The van der Waals surface area contributed by atoms with Crippen LogP contribution in [0, 0.1) is 18.8 Å². The van der Waals surface area contributed by atoms with E-state index < -0.39 is 0 Å². The minimum absolute atomic E-state index is 0.707. The van der Waals surface area contributed by atoms with E-state index in [4.69, 9.17) is 0 Å². The lowest BCUT2D eigenvalue weighted by atomic mass is 10.1. The lowest BCUT2D eigenvalue weighted by Crippen LogP contribution is -2.31. The number of nitrogens with zero attached hydrogens (tertiary/aromatic N) is 1. The zero-order chi connectivity index (χ0) is 14.8. The zero-order valence-corrected chi connectivity index (χ0v) is 14.0. The van der Waals surface area contributed by atoms with Crippen LogP contribution in [-0.2, 0) is 0 Å². The molecule has 0 saturated heterocycles. The molecule has 0 N–H and O–H groups in total. The third kappa shape index (κ3) is 7.92. The fourth-order valence-corrected chi connectivity index (χ4v) is 2.07. The average molecular weight is 263 g/mol. The summed E-state index contributed by atoms with van der Waals surface area (Å²) in [5.41, 5.74) is 2.77. The van der Waals surface area contributed by atoms with Gasteiger partial charge in [-0.15, -0.1) is 0 Å². The van der Waals surface area contributed by atoms with Crippen molar-refractivity contribution >= 4 is 5.69 Å². The number of aryl methyl sites for hydroxylation is 1. The Morgan fingerprint density at radius 2 is 1.32 bits per heavy atom. The molecule has 1 heteroatoms. The molecule has 0 bridgehead atoms. The maximum atomic E-state index is 2.52. The summed E-state index contributed by atoms with van der Waals surface area (Å²) in [5.74, 6) is 1.41. The second kappa shape index (κ2) is 9.89. The first-order valence-corrected chi connectivity index (χ1v) is 7.72. The topological polar surface area (TPSA) is 3.24 Å². The molecule has 19 heavy (non-hydrogen) atoms. The number of benzene rings is 1. The highest BCUT2D eigenvalue weighted by Crippen LogP contribution is 2.21. The first kappa shape index (κ1) is 18.0. The van der Waals surface area contributed by atoms with Crippen molar-refractivity contribution in [2.24, 2.45) is 11.8 Å². The quantitative estimate of drug-likeness (QED) is 0.675. The lowest BCUT2D eigenvalue weighted by molar-refractivity contribution is 0.552. The summed E-state index contributed by atoms with van der Waals surface area (Å²) in [6.45, 7) is 17.9. The number of rotatable bonds is 5. The molecule has 0 heterocycles. The number of anilines is 1. The van der Waals surface area contributed by atoms with Crippen molar-refractivity contribution in [3.63, 3.8) is 0 Å². The van der Waals surface area contributed by atoms with Gasteiger partial charge in [0.25, 0.3) is 0 Å². The molecule has 0 aromatic heterocycles. The Morgan fingerprint density at radius 1 is 0.895 bits per heavy atom. The molecule has 0 amide bonds. The van der Waals surface area contributed by atoms with E-state index in [-0.39, 0.29) is 0 Å². The predicted molar refractivity (Wildman–Crippen MR) is 89.0 cm³/mol. The number of hydrogen-bond donors (Lipinski definition) is 0. The molecule has 0 radical (unpaired) electrons. The minimum atomic E-state index is 0.707. The highest BCUT2D eigenvalue weighted by Gasteiger charge is 2.11. The van der Waals surface area contributed by atoms with Crippen molar-refractivity contribution in [1.82, 2.24) is 0 Å². The summed E-state index contributed by atoms with van der Waals surface area (Å²) >= 11 is 0. The van der Waals surface area contributed by atoms with Gasteiger partial charge in [-0.1, -0.05) is 66.2 Å². The SMILES string of the molecule is CCC.Cc1ccccc1N(CC(C)C)CC(C)C. The normalized spacial score (nSPS) is 10.4. The van der Waals surface area contributed by atoms with E-state index in [0.29, 0.717) is 11.8 Å². The van der Waals surface area contributed by atoms with Gasteiger partial charge in [0.2, 0.25) is 0 Å². The molecule has 0 saturated carbocycles. The molecule has 1 nitrogen and oxygen atoms in total. The van der Waals surface area contributed by atoms with Crippen LogP contribution in [-0.4, -0.2) is 13.1 Å². The largest absolute Gasteiger partial charge is 0.371 e. The summed E-state index contributed by atoms with van der Waals surface area (Å²) in [4.78, 5) is 2.52. The third-order valence-corrected chi connectivity index (χ3v) is 2.63. The van der Waals surface area contributed by atoms with Crippen LogP contribution < -0.4 is 4.90 Å². The second-order valence-electron chi connectivity index (χ2n) is 6.19. The molecule has 1 aromatic carbocycles. The van der Waals surface area contributed by atoms with Crippen LogP contribution in [0.1, 0.15) is 53.5 Å². The number of hydrogen-bond acceptors (Lipinski definition) is 1. The minimum Gasteiger partial charge on any atom is -0.371 e. The molecule has 110 valence electrons. The Morgan fingerprint density at radius 3 is 1.68 bits per heavy atom. The van der Waals surface area contributed by atoms with E-state index in [0.717, 1.165) is 13.1 Å². The standard InChI is InChI=1S/C15H25N.C3H8/c1-12(2)10-16(11-13(3)4)15-9-7-6-8-14(15)5;1-3-2/h6-9,12-13H,10-11H2,1-5H3;3H2,1-2H3. The van der Waals surface area contributed by atoms with Crippen molar-refractivity contribution in [3.05, 3.63) is 29.8 Å². The fraction of sp³-hybridized carbons (Fsp3) is 0.667. The highest BCUT2D eigenvalue weighted by atomic mass is 15.1. The average Bonchev–Trinajstić information content (AvgIpc) is 2.28. The smallest absolute Gasteiger partial charge is 0.0396 e. The summed E-state index contributed by atoms with van der Waals surface area (Å²) in [6.07, 6.45) is 1.25. The summed E-state index contributed by atoms with van der Waals surface area (Å²) in [5, 5.41) is 0. The molecular weight excluding hydrogens is 230 g/mol. The van der Waals surface area contributed by atoms with E-state index in [2.05, 4.69) is 77.6 Å². The summed E-state index contributed by atoms with van der Waals surface area (Å²) in [7, 11) is 0. The summed E-state index contributed by atoms with van der Waals surface area (Å²) in [6, 6.07) is 8.68. The van der Waals surface area contributed by atoms with E-state index in [1.54, 1.807) is 0 Å². The maximum absolute atomic E-state index is 2.52. The molecular formula is C18H33N. The molecule has 1 aromatic rings. The van der Waals surface area contributed by atoms with Crippen LogP contribution in [0.2, 0.25) is 0 Å². The van der Waals surface area contributed by atoms with Crippen LogP contribution >= 0.6 is 0 Å². The molecule has 0 fully saturated rings. The zero-order valence-electron chi connectivity index (χ0n) is 14.0. The lowest BCUT2D eigenvalue weighted by Gasteiger charge is -2.29. The van der Waals surface area contributed by atoms with E-state index in [1.165, 1.54) is 17.7 Å². The van der Waals surface area contributed by atoms with Gasteiger partial charge in [-0.05, 0) is 30.4 Å². The van der Waals surface area contributed by atoms with Gasteiger partial charge in [-0.2, -0.15) is 0 Å². The van der Waals surface area contributed by atoms with Gasteiger partial charge < -0.3 is 4.90 Å². The molecule has 0 spiro atoms. The van der Waals surface area contributed by atoms with Gasteiger partial charge in [-0.25, -0.2) is 0 Å². The van der Waals surface area contributed by atoms with Crippen molar-refractivity contribution in [2.75, 3.05) is 18.0 Å². The van der Waals surface area contributed by atoms with Gasteiger partial charge in [0.15, 0.2) is 0 Å². The van der Waals surface area contributed by atoms with Crippen molar-refractivity contribution in [2.45, 2.75) is 54.9 Å². The number of para-hydroxylation sites is 1. The highest BCUT2D eigenvalue weighted by molar-refractivity contribution is 5.53. The molecule has 0 unspecified atom stereocenters. The Hall–Kier alpha value is -0.980. The van der Waals surface area contributed by atoms with Crippen LogP contribution in [0.4, 0.5) is 5.69 Å². The van der Waals surface area contributed by atoms with Crippen molar-refractivity contribution in [3.8, 4) is 0 Å². The van der Waals surface area contributed by atoms with Crippen LogP contribution in [0.25, 0.3) is 0 Å². The van der Waals surface area contributed by atoms with E-state index in [9.17, 15) is 0 Å². The molecule has 0 aliphatic heterocycles. The Balaban J connectivity index is 0.000000982. The monoisotopic (exact) mass is 263 g/mol. The third-order valence-electron chi connectivity index (χ3n) is 2.63. The molecule has 0 aliphatic rings. The van der Waals surface area contributed by atoms with Gasteiger partial charge in [0.1, 0.15) is 0 Å². The fourth-order valence-electron chi connectivity index (χ4n) is 2.07. The predicted octanol–water partition coefficient (Wildman–Crippen LogP) is 5.53. The first-order valence-electron chi connectivity index (χ1n) is 7.72. The molecule has 0 aliphatic carbocycles. The van der Waals surface area contributed by atoms with E-state index in [1.807, 2.05) is 0 Å². The molecule has 0 atom stereocenters. The summed E-state index contributed by atoms with van der Waals surface area (Å²) < 4.78 is 0. The van der Waals surface area contributed by atoms with E-state index >= 15 is 0 Å². The Labute approximate surface area is 121 Å². The maximum Gasteiger partial charge on any atom is 0.0396 e. The first-order chi connectivity index (χ1) is 8.92. The van der Waals surface area contributed by atoms with Crippen molar-refractivity contribution in [1.29, 1.82) is 0 Å². The Kier molecular flexibility index (Phi) is 9.38. The van der Waals surface area contributed by atoms with Gasteiger partial charge >= 0.3 is 0 Å². The van der Waals surface area contributed by atoms with Gasteiger partial charge in [0, 0.05) is 18.8 Å². The molecule has 1 rings (SSSR count). The Bertz CT molecular complexity index is 318. The van der Waals surface area contributed by atoms with Crippen molar-refractivity contribution < 1.29 is 0 Å². The van der Waals surface area contributed by atoms with Crippen LogP contribution in [0.5, 0.6) is 0 Å². The second-order valence-corrected chi connectivity index (χ2v) is 6.19. The van der Waals surface area contributed by atoms with Gasteiger partial charge in [0.05, 0.1) is 0 Å².